The second-order valence-corrected chi connectivity index (χ2v) is 7.00. The lowest BCUT2D eigenvalue weighted by Gasteiger charge is -2.37. The molecule has 0 saturated carbocycles. The van der Waals surface area contributed by atoms with E-state index in [1.807, 2.05) is 6.07 Å². The summed E-state index contributed by atoms with van der Waals surface area (Å²) in [5.74, 6) is 1.47. The number of phenols is 1. The van der Waals surface area contributed by atoms with Crippen molar-refractivity contribution in [3.63, 3.8) is 0 Å². The van der Waals surface area contributed by atoms with Crippen LogP contribution in [0.25, 0.3) is 0 Å². The molecule has 0 aromatic heterocycles. The van der Waals surface area contributed by atoms with Crippen LogP contribution < -0.4 is 10.1 Å². The maximum absolute atomic E-state index is 10.6. The van der Waals surface area contributed by atoms with Crippen molar-refractivity contribution in [2.45, 2.75) is 63.6 Å². The van der Waals surface area contributed by atoms with Crippen LogP contribution in [0.1, 0.15) is 57.1 Å². The molecule has 0 radical (unpaired) electrons. The Labute approximate surface area is 126 Å². The van der Waals surface area contributed by atoms with Crippen LogP contribution >= 0.6 is 0 Å². The lowest BCUT2D eigenvalue weighted by molar-refractivity contribution is 0.134. The zero-order valence-electron chi connectivity index (χ0n) is 13.0. The van der Waals surface area contributed by atoms with Crippen molar-refractivity contribution in [2.75, 3.05) is 0 Å². The first-order valence-corrected chi connectivity index (χ1v) is 8.00. The molecule has 3 aliphatic rings. The minimum atomic E-state index is -0.279. The Morgan fingerprint density at radius 1 is 1.43 bits per heavy atom. The van der Waals surface area contributed by atoms with Gasteiger partial charge in [-0.2, -0.15) is 0 Å². The maximum Gasteiger partial charge on any atom is 0.178 e. The molecule has 1 aliphatic carbocycles. The van der Waals surface area contributed by atoms with Gasteiger partial charge >= 0.3 is 0 Å². The molecular weight excluding hydrogens is 262 g/mol. The van der Waals surface area contributed by atoms with Crippen LogP contribution in [0.2, 0.25) is 0 Å². The first kappa shape index (κ1) is 13.2. The van der Waals surface area contributed by atoms with Crippen molar-refractivity contribution in [3.8, 4) is 11.5 Å². The molecule has 0 amide bonds. The van der Waals surface area contributed by atoms with Gasteiger partial charge in [-0.15, -0.1) is 0 Å². The molecule has 1 unspecified atom stereocenters. The van der Waals surface area contributed by atoms with Gasteiger partial charge < -0.3 is 9.84 Å². The minimum absolute atomic E-state index is 0.0245. The second kappa shape index (κ2) is 4.04. The lowest BCUT2D eigenvalue weighted by Crippen LogP contribution is -2.39. The number of aryl methyl sites for hydroxylation is 1. The summed E-state index contributed by atoms with van der Waals surface area (Å²) >= 11 is 0. The van der Waals surface area contributed by atoms with Crippen molar-refractivity contribution < 1.29 is 9.84 Å². The minimum Gasteiger partial charge on any atom is -0.507 e. The molecule has 1 aromatic carbocycles. The number of aromatic hydroxyl groups is 1. The van der Waals surface area contributed by atoms with E-state index < -0.39 is 0 Å². The van der Waals surface area contributed by atoms with Gasteiger partial charge in [0.2, 0.25) is 0 Å². The molecule has 2 N–H and O–H groups in total. The highest BCUT2D eigenvalue weighted by Gasteiger charge is 2.73. The summed E-state index contributed by atoms with van der Waals surface area (Å²) < 4.78 is 6.26. The SMILES string of the molecule is CCCc1cc(O)c2c(c1)OC1(C)N[C@]13CCC(C)=C[C@@H]23. The summed E-state index contributed by atoms with van der Waals surface area (Å²) in [5, 5.41) is 14.2. The number of allylic oxidation sites excluding steroid dienone is 1. The largest absolute Gasteiger partial charge is 0.507 e. The molecule has 3 nitrogen and oxygen atoms in total. The van der Waals surface area contributed by atoms with E-state index in [1.54, 1.807) is 0 Å². The fourth-order valence-electron chi connectivity index (χ4n) is 4.29. The van der Waals surface area contributed by atoms with Gasteiger partial charge in [0, 0.05) is 11.5 Å². The van der Waals surface area contributed by atoms with Crippen LogP contribution in [0.3, 0.4) is 0 Å². The summed E-state index contributed by atoms with van der Waals surface area (Å²) in [4.78, 5) is 0. The van der Waals surface area contributed by atoms with Crippen molar-refractivity contribution in [2.24, 2.45) is 0 Å². The van der Waals surface area contributed by atoms with Crippen LogP contribution in [0.5, 0.6) is 11.5 Å². The average molecular weight is 285 g/mol. The highest BCUT2D eigenvalue weighted by Crippen LogP contribution is 2.62. The van der Waals surface area contributed by atoms with Crippen molar-refractivity contribution in [1.29, 1.82) is 0 Å². The number of nitrogens with one attached hydrogen (secondary N) is 1. The molecule has 1 saturated heterocycles. The van der Waals surface area contributed by atoms with E-state index >= 15 is 0 Å². The predicted molar refractivity (Wildman–Crippen MR) is 82.7 cm³/mol. The Kier molecular flexibility index (Phi) is 2.54. The Morgan fingerprint density at radius 2 is 2.24 bits per heavy atom. The topological polar surface area (TPSA) is 51.4 Å². The Morgan fingerprint density at radius 3 is 3.00 bits per heavy atom. The van der Waals surface area contributed by atoms with E-state index in [0.717, 1.165) is 42.6 Å². The summed E-state index contributed by atoms with van der Waals surface area (Å²) in [6.45, 7) is 6.48. The van der Waals surface area contributed by atoms with Gasteiger partial charge in [0.05, 0.1) is 5.54 Å². The number of fused-ring (bicyclic) bond motifs is 2. The summed E-state index contributed by atoms with van der Waals surface area (Å²) in [5.41, 5.74) is 3.23. The maximum atomic E-state index is 10.6. The van der Waals surface area contributed by atoms with Crippen LogP contribution in [0.15, 0.2) is 23.8 Å². The molecule has 21 heavy (non-hydrogen) atoms. The van der Waals surface area contributed by atoms with E-state index in [4.69, 9.17) is 4.74 Å². The third-order valence-corrected chi connectivity index (χ3v) is 5.49. The van der Waals surface area contributed by atoms with Gasteiger partial charge in [-0.25, -0.2) is 0 Å². The molecule has 3 heteroatoms. The number of rotatable bonds is 2. The lowest BCUT2D eigenvalue weighted by atomic mass is 9.72. The Bertz CT molecular complexity index is 651. The molecule has 1 fully saturated rings. The number of phenolic OH excluding ortho intramolecular Hbond substituents is 1. The van der Waals surface area contributed by atoms with Crippen molar-refractivity contribution in [3.05, 3.63) is 34.9 Å². The Hall–Kier alpha value is -1.48. The van der Waals surface area contributed by atoms with E-state index in [0.29, 0.717) is 5.75 Å². The van der Waals surface area contributed by atoms with Gasteiger partial charge in [-0.1, -0.05) is 25.0 Å². The molecule has 2 aliphatic heterocycles. The summed E-state index contributed by atoms with van der Waals surface area (Å²) in [7, 11) is 0. The van der Waals surface area contributed by atoms with Crippen LogP contribution in [-0.4, -0.2) is 16.4 Å². The van der Waals surface area contributed by atoms with Crippen LogP contribution in [-0.2, 0) is 6.42 Å². The van der Waals surface area contributed by atoms with Crippen molar-refractivity contribution >= 4 is 0 Å². The molecule has 3 atom stereocenters. The number of ether oxygens (including phenoxy) is 1. The molecule has 1 spiro atoms. The zero-order chi connectivity index (χ0) is 14.8. The molecule has 1 aromatic rings. The van der Waals surface area contributed by atoms with E-state index in [-0.39, 0.29) is 17.2 Å². The summed E-state index contributed by atoms with van der Waals surface area (Å²) in [6, 6.07) is 4.04. The van der Waals surface area contributed by atoms with E-state index in [1.165, 1.54) is 5.57 Å². The molecule has 0 bridgehead atoms. The highest BCUT2D eigenvalue weighted by molar-refractivity contribution is 5.59. The van der Waals surface area contributed by atoms with Crippen LogP contribution in [0.4, 0.5) is 0 Å². The van der Waals surface area contributed by atoms with Gasteiger partial charge in [-0.3, -0.25) is 5.32 Å². The monoisotopic (exact) mass is 285 g/mol. The molecule has 4 rings (SSSR count). The third-order valence-electron chi connectivity index (χ3n) is 5.49. The van der Waals surface area contributed by atoms with Crippen molar-refractivity contribution in [1.82, 2.24) is 5.32 Å². The molecule has 2 heterocycles. The number of hydrogen-bond donors (Lipinski definition) is 2. The Balaban J connectivity index is 1.87. The fraction of sp³-hybridized carbons (Fsp3) is 0.556. The smallest absolute Gasteiger partial charge is 0.178 e. The first-order chi connectivity index (χ1) is 9.99. The van der Waals surface area contributed by atoms with E-state index in [2.05, 4.69) is 38.2 Å². The van der Waals surface area contributed by atoms with Gasteiger partial charge in [0.15, 0.2) is 5.72 Å². The first-order valence-electron chi connectivity index (χ1n) is 8.00. The normalized spacial score (nSPS) is 36.0. The standard InChI is InChI=1S/C18H23NO2/c1-4-5-12-9-14(20)16-13-8-11(2)6-7-18(13)17(3,19-18)21-15(16)10-12/h8-10,13,19-20H,4-7H2,1-3H3/t13-,17?,18-/m0/s1. The highest BCUT2D eigenvalue weighted by atomic mass is 16.5. The van der Waals surface area contributed by atoms with E-state index in [9.17, 15) is 5.11 Å². The predicted octanol–water partition coefficient (Wildman–Crippen LogP) is 3.62. The average Bonchev–Trinajstić information content (AvgIpc) is 3.01. The molecule has 112 valence electrons. The third kappa shape index (κ3) is 1.64. The van der Waals surface area contributed by atoms with Gasteiger partial charge in [0.25, 0.3) is 0 Å². The number of hydrogen-bond acceptors (Lipinski definition) is 3. The fourth-order valence-corrected chi connectivity index (χ4v) is 4.29. The second-order valence-electron chi connectivity index (χ2n) is 7.00. The molecular formula is C18H23NO2. The quantitative estimate of drug-likeness (QED) is 0.644. The van der Waals surface area contributed by atoms with Gasteiger partial charge in [-0.05, 0) is 50.8 Å². The zero-order valence-corrected chi connectivity index (χ0v) is 13.0. The number of benzene rings is 1. The van der Waals surface area contributed by atoms with Gasteiger partial charge in [0.1, 0.15) is 11.5 Å². The van der Waals surface area contributed by atoms with Crippen LogP contribution in [0, 0.1) is 0 Å². The summed E-state index contributed by atoms with van der Waals surface area (Å²) in [6.07, 6.45) is 6.54.